The number of halogens is 1. The molecule has 90 valence electrons. The fourth-order valence-electron chi connectivity index (χ4n) is 2.08. The van der Waals surface area contributed by atoms with Gasteiger partial charge in [-0.2, -0.15) is 0 Å². The van der Waals surface area contributed by atoms with E-state index in [-0.39, 0.29) is 5.82 Å². The van der Waals surface area contributed by atoms with Crippen molar-refractivity contribution in [2.75, 3.05) is 5.73 Å². The Morgan fingerprint density at radius 1 is 1.22 bits per heavy atom. The second-order valence-corrected chi connectivity index (χ2v) is 4.30. The molecule has 3 aromatic rings. The van der Waals surface area contributed by atoms with Crippen molar-refractivity contribution >= 4 is 16.7 Å². The summed E-state index contributed by atoms with van der Waals surface area (Å²) in [5.41, 5.74) is 9.42. The van der Waals surface area contributed by atoms with Crippen LogP contribution in [0.5, 0.6) is 0 Å². The Morgan fingerprint density at radius 2 is 2.06 bits per heavy atom. The monoisotopic (exact) mass is 241 g/mol. The van der Waals surface area contributed by atoms with Crippen LogP contribution in [0.2, 0.25) is 0 Å². The minimum atomic E-state index is -0.317. The molecule has 3 nitrogen and oxygen atoms in total. The number of hydrogen-bond donors (Lipinski definition) is 2. The lowest BCUT2D eigenvalue weighted by atomic mass is 10.1. The molecule has 4 heteroatoms. The number of fused-ring (bicyclic) bond motifs is 1. The smallest absolute Gasteiger partial charge is 0.151 e. The molecule has 0 saturated heterocycles. The Labute approximate surface area is 103 Å². The molecule has 0 bridgehead atoms. The molecule has 0 aliphatic heterocycles. The number of benzene rings is 2. The predicted octanol–water partition coefficient (Wildman–Crippen LogP) is 3.26. The summed E-state index contributed by atoms with van der Waals surface area (Å²) in [5, 5.41) is 0. The summed E-state index contributed by atoms with van der Waals surface area (Å²) in [7, 11) is 0. The van der Waals surface area contributed by atoms with Crippen LogP contribution < -0.4 is 5.73 Å². The van der Waals surface area contributed by atoms with Crippen LogP contribution >= 0.6 is 0 Å². The molecule has 0 atom stereocenters. The Kier molecular flexibility index (Phi) is 2.30. The number of nitrogens with two attached hydrogens (primary N) is 1. The third-order valence-corrected chi connectivity index (χ3v) is 2.97. The zero-order valence-electron chi connectivity index (χ0n) is 9.87. The van der Waals surface area contributed by atoms with Crippen molar-refractivity contribution in [3.05, 3.63) is 47.8 Å². The molecule has 3 N–H and O–H groups in total. The molecule has 0 radical (unpaired) electrons. The molecule has 0 amide bonds. The average Bonchev–Trinajstić information content (AvgIpc) is 2.74. The molecule has 0 unspecified atom stereocenters. The van der Waals surface area contributed by atoms with Gasteiger partial charge in [0.05, 0.1) is 5.52 Å². The molecule has 0 aliphatic carbocycles. The number of nitrogens with one attached hydrogen (secondary N) is 1. The zero-order valence-corrected chi connectivity index (χ0v) is 9.87. The van der Waals surface area contributed by atoms with Crippen molar-refractivity contribution in [1.29, 1.82) is 0 Å². The number of rotatable bonds is 1. The Hall–Kier alpha value is -2.36. The number of hydrogen-bond acceptors (Lipinski definition) is 2. The van der Waals surface area contributed by atoms with Crippen LogP contribution in [0.25, 0.3) is 22.4 Å². The Bertz CT molecular complexity index is 731. The maximum absolute atomic E-state index is 13.6. The van der Waals surface area contributed by atoms with Crippen molar-refractivity contribution in [3.63, 3.8) is 0 Å². The van der Waals surface area contributed by atoms with E-state index >= 15 is 0 Å². The molecule has 0 spiro atoms. The summed E-state index contributed by atoms with van der Waals surface area (Å²) in [6.07, 6.45) is 0. The zero-order chi connectivity index (χ0) is 12.7. The molecule has 2 aromatic carbocycles. The summed E-state index contributed by atoms with van der Waals surface area (Å²) >= 11 is 0. The third kappa shape index (κ3) is 1.62. The first-order valence-electron chi connectivity index (χ1n) is 5.66. The van der Waals surface area contributed by atoms with Gasteiger partial charge in [0.25, 0.3) is 0 Å². The number of imidazole rings is 1. The van der Waals surface area contributed by atoms with Crippen LogP contribution in [0.4, 0.5) is 10.1 Å². The lowest BCUT2D eigenvalue weighted by Gasteiger charge is -2.03. The highest BCUT2D eigenvalue weighted by atomic mass is 19.1. The van der Waals surface area contributed by atoms with Gasteiger partial charge in [-0.15, -0.1) is 0 Å². The van der Waals surface area contributed by atoms with Gasteiger partial charge in [0.1, 0.15) is 11.3 Å². The Morgan fingerprint density at radius 3 is 2.78 bits per heavy atom. The van der Waals surface area contributed by atoms with Gasteiger partial charge in [-0.1, -0.05) is 6.07 Å². The largest absolute Gasteiger partial charge is 0.399 e. The highest BCUT2D eigenvalue weighted by Gasteiger charge is 2.10. The van der Waals surface area contributed by atoms with Crippen LogP contribution in [0.3, 0.4) is 0 Å². The van der Waals surface area contributed by atoms with Crippen LogP contribution in [0, 0.1) is 12.7 Å². The normalized spacial score (nSPS) is 11.0. The molecular formula is C14H12FN3. The molecular weight excluding hydrogens is 229 g/mol. The predicted molar refractivity (Wildman–Crippen MR) is 70.6 cm³/mol. The summed E-state index contributed by atoms with van der Waals surface area (Å²) < 4.78 is 13.6. The highest BCUT2D eigenvalue weighted by Crippen LogP contribution is 2.25. The Balaban J connectivity index is 2.23. The number of H-pyrrole nitrogens is 1. The molecule has 1 heterocycles. The number of nitrogens with zero attached hydrogens (tertiary/aromatic N) is 1. The number of aromatic amines is 1. The van der Waals surface area contributed by atoms with E-state index in [1.165, 1.54) is 6.07 Å². The average molecular weight is 241 g/mol. The van der Waals surface area contributed by atoms with E-state index in [1.807, 2.05) is 31.2 Å². The first-order chi connectivity index (χ1) is 8.65. The van der Waals surface area contributed by atoms with E-state index in [4.69, 9.17) is 5.73 Å². The quantitative estimate of drug-likeness (QED) is 0.642. The lowest BCUT2D eigenvalue weighted by Crippen LogP contribution is -1.89. The highest BCUT2D eigenvalue weighted by molar-refractivity contribution is 5.80. The summed E-state index contributed by atoms with van der Waals surface area (Å²) in [6.45, 7) is 1.95. The van der Waals surface area contributed by atoms with Gasteiger partial charge in [-0.05, 0) is 42.8 Å². The van der Waals surface area contributed by atoms with Gasteiger partial charge in [-0.25, -0.2) is 9.37 Å². The van der Waals surface area contributed by atoms with Crippen LogP contribution in [0.1, 0.15) is 5.56 Å². The van der Waals surface area contributed by atoms with Crippen molar-refractivity contribution < 1.29 is 4.39 Å². The first kappa shape index (κ1) is 10.8. The summed E-state index contributed by atoms with van der Waals surface area (Å²) in [6, 6.07) is 10.4. The maximum atomic E-state index is 13.6. The van der Waals surface area contributed by atoms with Crippen molar-refractivity contribution in [2.24, 2.45) is 0 Å². The topological polar surface area (TPSA) is 54.7 Å². The second-order valence-electron chi connectivity index (χ2n) is 4.30. The van der Waals surface area contributed by atoms with E-state index < -0.39 is 0 Å². The van der Waals surface area contributed by atoms with Gasteiger partial charge in [0.15, 0.2) is 5.82 Å². The van der Waals surface area contributed by atoms with Gasteiger partial charge < -0.3 is 10.7 Å². The van der Waals surface area contributed by atoms with E-state index in [0.29, 0.717) is 22.5 Å². The number of anilines is 1. The maximum Gasteiger partial charge on any atom is 0.151 e. The van der Waals surface area contributed by atoms with E-state index in [1.54, 1.807) is 6.07 Å². The van der Waals surface area contributed by atoms with Gasteiger partial charge in [0, 0.05) is 11.3 Å². The van der Waals surface area contributed by atoms with Gasteiger partial charge >= 0.3 is 0 Å². The van der Waals surface area contributed by atoms with Crippen LogP contribution in [-0.2, 0) is 0 Å². The van der Waals surface area contributed by atoms with Crippen LogP contribution in [0.15, 0.2) is 36.4 Å². The number of aryl methyl sites for hydroxylation is 1. The summed E-state index contributed by atoms with van der Waals surface area (Å²) in [5.74, 6) is 0.343. The standard InChI is InChI=1S/C14H12FN3/c1-8-7-9(16)5-6-10(8)14-17-12-4-2-3-11(15)13(12)18-14/h2-7H,16H2,1H3,(H,17,18). The van der Waals surface area contributed by atoms with Gasteiger partial charge in [-0.3, -0.25) is 0 Å². The molecule has 18 heavy (non-hydrogen) atoms. The molecule has 0 aliphatic rings. The van der Waals surface area contributed by atoms with E-state index in [9.17, 15) is 4.39 Å². The number of aromatic nitrogens is 2. The fraction of sp³-hybridized carbons (Fsp3) is 0.0714. The van der Waals surface area contributed by atoms with Crippen molar-refractivity contribution in [2.45, 2.75) is 6.92 Å². The third-order valence-electron chi connectivity index (χ3n) is 2.97. The molecule has 3 rings (SSSR count). The minimum Gasteiger partial charge on any atom is -0.399 e. The number of nitrogen functional groups attached to an aromatic ring is 1. The summed E-state index contributed by atoms with van der Waals surface area (Å²) in [4.78, 5) is 7.42. The SMILES string of the molecule is Cc1cc(N)ccc1-c1nc2c(F)cccc2[nH]1. The minimum absolute atomic E-state index is 0.317. The molecule has 1 aromatic heterocycles. The van der Waals surface area contributed by atoms with E-state index in [0.717, 1.165) is 11.1 Å². The molecule has 0 fully saturated rings. The van der Waals surface area contributed by atoms with E-state index in [2.05, 4.69) is 9.97 Å². The fourth-order valence-corrected chi connectivity index (χ4v) is 2.08. The lowest BCUT2D eigenvalue weighted by molar-refractivity contribution is 0.637. The van der Waals surface area contributed by atoms with Crippen LogP contribution in [-0.4, -0.2) is 9.97 Å². The second kappa shape index (κ2) is 3.84. The first-order valence-corrected chi connectivity index (χ1v) is 5.66. The molecule has 0 saturated carbocycles. The van der Waals surface area contributed by atoms with Gasteiger partial charge in [0.2, 0.25) is 0 Å². The number of para-hydroxylation sites is 1. The van der Waals surface area contributed by atoms with Crippen molar-refractivity contribution in [1.82, 2.24) is 9.97 Å². The van der Waals surface area contributed by atoms with Crippen molar-refractivity contribution in [3.8, 4) is 11.4 Å².